The first-order valence-corrected chi connectivity index (χ1v) is 5.84. The highest BCUT2D eigenvalue weighted by Gasteiger charge is 2.17. The summed E-state index contributed by atoms with van der Waals surface area (Å²) in [6, 6.07) is -0.247. The van der Waals surface area contributed by atoms with Crippen LogP contribution >= 0.6 is 0 Å². The molecule has 1 aromatic rings. The highest BCUT2D eigenvalue weighted by Crippen LogP contribution is 2.07. The Kier molecular flexibility index (Phi) is 5.51. The Morgan fingerprint density at radius 2 is 2.06 bits per heavy atom. The van der Waals surface area contributed by atoms with Crippen molar-refractivity contribution in [2.75, 3.05) is 7.11 Å². The maximum absolute atomic E-state index is 11.0. The monoisotopic (exact) mass is 253 g/mol. The summed E-state index contributed by atoms with van der Waals surface area (Å²) in [5.74, 6) is -0.510. The molecule has 100 valence electrons. The van der Waals surface area contributed by atoms with Crippen molar-refractivity contribution in [1.29, 1.82) is 0 Å². The number of rotatable bonds is 7. The van der Waals surface area contributed by atoms with Gasteiger partial charge in [-0.3, -0.25) is 4.79 Å². The Bertz CT molecular complexity index is 379. The number of aliphatic carboxylic acids is 1. The molecule has 0 aliphatic rings. The lowest BCUT2D eigenvalue weighted by atomic mass is 10.0. The molecule has 0 saturated heterocycles. The summed E-state index contributed by atoms with van der Waals surface area (Å²) in [6.45, 7) is 4.41. The van der Waals surface area contributed by atoms with Crippen molar-refractivity contribution in [2.45, 2.75) is 32.9 Å². The van der Waals surface area contributed by atoms with Gasteiger partial charge >= 0.3 is 12.0 Å². The molecule has 1 rings (SSSR count). The van der Waals surface area contributed by atoms with Crippen molar-refractivity contribution in [1.82, 2.24) is 15.3 Å². The van der Waals surface area contributed by atoms with Gasteiger partial charge in [-0.05, 0) is 12.3 Å². The van der Waals surface area contributed by atoms with Gasteiger partial charge in [0.15, 0.2) is 0 Å². The number of nitrogens with one attached hydrogen (secondary N) is 1. The van der Waals surface area contributed by atoms with E-state index in [1.54, 1.807) is 12.4 Å². The van der Waals surface area contributed by atoms with E-state index in [1.807, 2.05) is 13.8 Å². The molecule has 0 spiro atoms. The van der Waals surface area contributed by atoms with Crippen LogP contribution in [0.4, 0.5) is 0 Å². The third-order valence-corrected chi connectivity index (χ3v) is 2.42. The number of carbonyl (C=O) groups is 1. The summed E-state index contributed by atoms with van der Waals surface area (Å²) >= 11 is 0. The molecule has 6 nitrogen and oxygen atoms in total. The van der Waals surface area contributed by atoms with E-state index < -0.39 is 12.0 Å². The van der Waals surface area contributed by atoms with Crippen LogP contribution in [0.5, 0.6) is 6.01 Å². The van der Waals surface area contributed by atoms with Gasteiger partial charge in [-0.15, -0.1) is 0 Å². The minimum atomic E-state index is -0.835. The lowest BCUT2D eigenvalue weighted by Crippen LogP contribution is -2.37. The second-order valence-corrected chi connectivity index (χ2v) is 4.48. The van der Waals surface area contributed by atoms with Gasteiger partial charge in [-0.1, -0.05) is 13.8 Å². The van der Waals surface area contributed by atoms with Gasteiger partial charge in [-0.2, -0.15) is 0 Å². The number of aromatic nitrogens is 2. The van der Waals surface area contributed by atoms with Crippen molar-refractivity contribution in [2.24, 2.45) is 5.92 Å². The molecule has 2 N–H and O–H groups in total. The first-order valence-electron chi connectivity index (χ1n) is 5.84. The summed E-state index contributed by atoms with van der Waals surface area (Å²) in [7, 11) is 1.50. The Morgan fingerprint density at radius 1 is 1.44 bits per heavy atom. The highest BCUT2D eigenvalue weighted by molar-refractivity contribution is 5.73. The molecule has 0 aromatic carbocycles. The number of hydrogen-bond acceptors (Lipinski definition) is 5. The van der Waals surface area contributed by atoms with Crippen LogP contribution in [-0.2, 0) is 11.3 Å². The van der Waals surface area contributed by atoms with Gasteiger partial charge < -0.3 is 15.2 Å². The fourth-order valence-electron chi connectivity index (χ4n) is 1.52. The van der Waals surface area contributed by atoms with Gasteiger partial charge in [0, 0.05) is 24.5 Å². The Morgan fingerprint density at radius 3 is 2.50 bits per heavy atom. The number of ether oxygens (including phenoxy) is 1. The standard InChI is InChI=1S/C12H19N3O3/c1-8(2)4-10(11(16)17)13-5-9-6-14-12(18-3)15-7-9/h6-8,10,13H,4-5H2,1-3H3,(H,16,17)/t10-/m0/s1. The molecule has 18 heavy (non-hydrogen) atoms. The van der Waals surface area contributed by atoms with Crippen LogP contribution in [0.3, 0.4) is 0 Å². The van der Waals surface area contributed by atoms with Crippen molar-refractivity contribution in [3.05, 3.63) is 18.0 Å². The SMILES string of the molecule is COc1ncc(CN[C@@H](CC(C)C)C(=O)O)cn1. The summed E-state index contributed by atoms with van der Waals surface area (Å²) < 4.78 is 4.85. The zero-order valence-corrected chi connectivity index (χ0v) is 10.9. The smallest absolute Gasteiger partial charge is 0.320 e. The second kappa shape index (κ2) is 6.90. The van der Waals surface area contributed by atoms with E-state index in [-0.39, 0.29) is 0 Å². The highest BCUT2D eigenvalue weighted by atomic mass is 16.5. The van der Waals surface area contributed by atoms with Crippen molar-refractivity contribution < 1.29 is 14.6 Å². The van der Waals surface area contributed by atoms with Crippen molar-refractivity contribution >= 4 is 5.97 Å². The average Bonchev–Trinajstić information content (AvgIpc) is 2.34. The quantitative estimate of drug-likeness (QED) is 0.756. The van der Waals surface area contributed by atoms with Crippen LogP contribution in [0.15, 0.2) is 12.4 Å². The maximum atomic E-state index is 11.0. The van der Waals surface area contributed by atoms with E-state index in [4.69, 9.17) is 9.84 Å². The zero-order chi connectivity index (χ0) is 13.5. The number of methoxy groups -OCH3 is 1. The molecule has 6 heteroatoms. The first kappa shape index (κ1) is 14.4. The minimum Gasteiger partial charge on any atom is -0.480 e. The molecule has 0 aliphatic heterocycles. The van der Waals surface area contributed by atoms with Crippen LogP contribution < -0.4 is 10.1 Å². The van der Waals surface area contributed by atoms with E-state index in [1.165, 1.54) is 7.11 Å². The molecule has 0 unspecified atom stereocenters. The third-order valence-electron chi connectivity index (χ3n) is 2.42. The molecule has 0 amide bonds. The molecule has 0 saturated carbocycles. The Hall–Kier alpha value is -1.69. The second-order valence-electron chi connectivity index (χ2n) is 4.48. The van der Waals surface area contributed by atoms with Crippen molar-refractivity contribution in [3.63, 3.8) is 0 Å². The van der Waals surface area contributed by atoms with Gasteiger partial charge in [-0.25, -0.2) is 9.97 Å². The van der Waals surface area contributed by atoms with Crippen LogP contribution in [0.1, 0.15) is 25.8 Å². The topological polar surface area (TPSA) is 84.3 Å². The summed E-state index contributed by atoms with van der Waals surface area (Å²) in [4.78, 5) is 19.0. The molecule has 1 atom stereocenters. The van der Waals surface area contributed by atoms with E-state index in [9.17, 15) is 4.79 Å². The van der Waals surface area contributed by atoms with Gasteiger partial charge in [0.2, 0.25) is 0 Å². The molecule has 1 aromatic heterocycles. The van der Waals surface area contributed by atoms with Crippen LogP contribution in [0.25, 0.3) is 0 Å². The molecule has 0 radical (unpaired) electrons. The zero-order valence-electron chi connectivity index (χ0n) is 10.9. The average molecular weight is 253 g/mol. The van der Waals surface area contributed by atoms with Gasteiger partial charge in [0.25, 0.3) is 0 Å². The van der Waals surface area contributed by atoms with Crippen LogP contribution in [0, 0.1) is 5.92 Å². The van der Waals surface area contributed by atoms with Crippen LogP contribution in [-0.4, -0.2) is 34.2 Å². The third kappa shape index (κ3) is 4.67. The predicted octanol–water partition coefficient (Wildman–Crippen LogP) is 1.07. The van der Waals surface area contributed by atoms with Crippen LogP contribution in [0.2, 0.25) is 0 Å². The Balaban J connectivity index is 2.52. The maximum Gasteiger partial charge on any atom is 0.320 e. The lowest BCUT2D eigenvalue weighted by Gasteiger charge is -2.16. The van der Waals surface area contributed by atoms with E-state index in [2.05, 4.69) is 15.3 Å². The lowest BCUT2D eigenvalue weighted by molar-refractivity contribution is -0.140. The van der Waals surface area contributed by atoms with E-state index >= 15 is 0 Å². The molecular weight excluding hydrogens is 234 g/mol. The first-order chi connectivity index (χ1) is 8.52. The predicted molar refractivity (Wildman–Crippen MR) is 66.3 cm³/mol. The van der Waals surface area contributed by atoms with Gasteiger partial charge in [0.1, 0.15) is 6.04 Å². The normalized spacial score (nSPS) is 12.4. The van der Waals surface area contributed by atoms with E-state index in [0.29, 0.717) is 24.9 Å². The molecular formula is C12H19N3O3. The van der Waals surface area contributed by atoms with Gasteiger partial charge in [0.05, 0.1) is 7.11 Å². The van der Waals surface area contributed by atoms with E-state index in [0.717, 1.165) is 5.56 Å². The van der Waals surface area contributed by atoms with Crippen molar-refractivity contribution in [3.8, 4) is 6.01 Å². The number of hydrogen-bond donors (Lipinski definition) is 2. The summed E-state index contributed by atoms with van der Waals surface area (Å²) in [6.07, 6.45) is 3.83. The minimum absolute atomic E-state index is 0.302. The summed E-state index contributed by atoms with van der Waals surface area (Å²) in [5.41, 5.74) is 0.825. The fraction of sp³-hybridized carbons (Fsp3) is 0.583. The molecule has 0 bridgehead atoms. The fourth-order valence-corrected chi connectivity index (χ4v) is 1.52. The summed E-state index contributed by atoms with van der Waals surface area (Å²) in [5, 5.41) is 12.1. The number of carboxylic acids is 1. The molecule has 1 heterocycles. The molecule has 0 aliphatic carbocycles. The largest absolute Gasteiger partial charge is 0.480 e. The Labute approximate surface area is 106 Å². The number of carboxylic acid groups (broad SMARTS) is 1. The number of nitrogens with zero attached hydrogens (tertiary/aromatic N) is 2. The molecule has 0 fully saturated rings.